The molecule has 6 heteroatoms. The Kier molecular flexibility index (Phi) is 2.85. The number of carboxylic acids is 1. The average Bonchev–Trinajstić information content (AvgIpc) is 2.28. The van der Waals surface area contributed by atoms with Crippen LogP contribution in [0.2, 0.25) is 0 Å². The number of aromatic carboxylic acids is 1. The zero-order chi connectivity index (χ0) is 13.3. The molecule has 1 aromatic heterocycles. The molecular weight excluding hydrogens is 240 g/mol. The number of carbonyl (C=O) groups excluding carboxylic acids is 1. The molecule has 2 rings (SSSR count). The molecule has 0 aliphatic heterocycles. The predicted octanol–water partition coefficient (Wildman–Crippen LogP) is 1.42. The summed E-state index contributed by atoms with van der Waals surface area (Å²) in [6.07, 6.45) is 0.866. The van der Waals surface area contributed by atoms with E-state index >= 15 is 0 Å². The summed E-state index contributed by atoms with van der Waals surface area (Å²) in [5, 5.41) is 9.08. The third kappa shape index (κ3) is 1.95. The Bertz CT molecular complexity index is 697. The summed E-state index contributed by atoms with van der Waals surface area (Å²) >= 11 is 0. The van der Waals surface area contributed by atoms with Crippen molar-refractivity contribution in [1.29, 1.82) is 0 Å². The largest absolute Gasteiger partial charge is 0.478 e. The Hall–Kier alpha value is -2.63. The van der Waals surface area contributed by atoms with Gasteiger partial charge in [0.15, 0.2) is 0 Å². The lowest BCUT2D eigenvalue weighted by Gasteiger charge is -2.05. The predicted molar refractivity (Wildman–Crippen MR) is 60.8 cm³/mol. The SMILES string of the molecule is CC(=O)Oc1cccc2c(C(=O)O)coc(=O)c12. The van der Waals surface area contributed by atoms with Crippen LogP contribution in [0.4, 0.5) is 0 Å². The molecule has 0 atom stereocenters. The highest BCUT2D eigenvalue weighted by atomic mass is 16.5. The van der Waals surface area contributed by atoms with Crippen molar-refractivity contribution in [2.45, 2.75) is 6.92 Å². The molecule has 0 saturated carbocycles. The van der Waals surface area contributed by atoms with Crippen LogP contribution >= 0.6 is 0 Å². The Labute approximate surface area is 100 Å². The summed E-state index contributed by atoms with van der Waals surface area (Å²) in [5.41, 5.74) is -0.926. The van der Waals surface area contributed by atoms with Gasteiger partial charge in [-0.3, -0.25) is 4.79 Å². The molecule has 0 radical (unpaired) electrons. The fraction of sp³-hybridized carbons (Fsp3) is 0.0833. The topological polar surface area (TPSA) is 93.8 Å². The number of carboxylic acid groups (broad SMARTS) is 1. The molecular formula is C12H8O6. The summed E-state index contributed by atoms with van der Waals surface area (Å²) in [6, 6.07) is 4.33. The van der Waals surface area contributed by atoms with E-state index in [0.717, 1.165) is 6.26 Å². The second-order valence-corrected chi connectivity index (χ2v) is 3.51. The van der Waals surface area contributed by atoms with Crippen molar-refractivity contribution in [2.75, 3.05) is 0 Å². The quantitative estimate of drug-likeness (QED) is 0.638. The van der Waals surface area contributed by atoms with Crippen molar-refractivity contribution in [3.05, 3.63) is 40.4 Å². The van der Waals surface area contributed by atoms with Crippen LogP contribution in [-0.2, 0) is 4.79 Å². The fourth-order valence-electron chi connectivity index (χ4n) is 1.61. The summed E-state index contributed by atoms with van der Waals surface area (Å²) in [4.78, 5) is 33.5. The van der Waals surface area contributed by atoms with Gasteiger partial charge < -0.3 is 14.3 Å². The van der Waals surface area contributed by atoms with Crippen LogP contribution in [0.5, 0.6) is 5.75 Å². The molecule has 0 aliphatic carbocycles. The van der Waals surface area contributed by atoms with Crippen molar-refractivity contribution in [1.82, 2.24) is 0 Å². The lowest BCUT2D eigenvalue weighted by atomic mass is 10.1. The van der Waals surface area contributed by atoms with Crippen LogP contribution in [0.1, 0.15) is 17.3 Å². The van der Waals surface area contributed by atoms with E-state index in [9.17, 15) is 14.4 Å². The molecule has 0 spiro atoms. The number of ether oxygens (including phenoxy) is 1. The molecule has 0 unspecified atom stereocenters. The van der Waals surface area contributed by atoms with Gasteiger partial charge in [0.1, 0.15) is 23.0 Å². The molecule has 6 nitrogen and oxygen atoms in total. The molecule has 2 aromatic rings. The number of hydrogen-bond donors (Lipinski definition) is 1. The summed E-state index contributed by atoms with van der Waals surface area (Å²) in [5.74, 6) is -1.86. The van der Waals surface area contributed by atoms with Gasteiger partial charge in [0.2, 0.25) is 0 Å². The normalized spacial score (nSPS) is 10.3. The maximum Gasteiger partial charge on any atom is 0.347 e. The Balaban J connectivity index is 2.84. The van der Waals surface area contributed by atoms with Gasteiger partial charge >= 0.3 is 17.6 Å². The number of rotatable bonds is 2. The molecule has 1 N–H and O–H groups in total. The van der Waals surface area contributed by atoms with Crippen molar-refractivity contribution in [3.63, 3.8) is 0 Å². The minimum atomic E-state index is -1.23. The standard InChI is InChI=1S/C12H8O6/c1-6(13)18-9-4-2-3-7-8(11(14)15)5-17-12(16)10(7)9/h2-5H,1H3,(H,14,15). The highest BCUT2D eigenvalue weighted by Gasteiger charge is 2.16. The molecule has 0 fully saturated rings. The van der Waals surface area contributed by atoms with Crippen LogP contribution in [0.15, 0.2) is 33.7 Å². The van der Waals surface area contributed by atoms with Gasteiger partial charge in [0.25, 0.3) is 0 Å². The first-order valence-corrected chi connectivity index (χ1v) is 4.97. The maximum absolute atomic E-state index is 11.6. The molecule has 0 bridgehead atoms. The van der Waals surface area contributed by atoms with Crippen molar-refractivity contribution < 1.29 is 23.8 Å². The molecule has 0 saturated heterocycles. The van der Waals surface area contributed by atoms with Gasteiger partial charge in [-0.2, -0.15) is 0 Å². The van der Waals surface area contributed by atoms with E-state index in [1.54, 1.807) is 0 Å². The lowest BCUT2D eigenvalue weighted by molar-refractivity contribution is -0.131. The monoisotopic (exact) mass is 248 g/mol. The third-order valence-corrected chi connectivity index (χ3v) is 2.29. The van der Waals surface area contributed by atoms with Gasteiger partial charge in [-0.25, -0.2) is 9.59 Å². The van der Waals surface area contributed by atoms with Gasteiger partial charge in [-0.15, -0.1) is 0 Å². The molecule has 1 heterocycles. The van der Waals surface area contributed by atoms with Crippen molar-refractivity contribution >= 4 is 22.7 Å². The number of hydrogen-bond acceptors (Lipinski definition) is 5. The average molecular weight is 248 g/mol. The van der Waals surface area contributed by atoms with Crippen LogP contribution < -0.4 is 10.4 Å². The second-order valence-electron chi connectivity index (χ2n) is 3.51. The van der Waals surface area contributed by atoms with E-state index in [0.29, 0.717) is 0 Å². The minimum absolute atomic E-state index is 0.0168. The van der Waals surface area contributed by atoms with E-state index in [4.69, 9.17) is 9.84 Å². The number of esters is 1. The van der Waals surface area contributed by atoms with Crippen LogP contribution in [0.25, 0.3) is 10.8 Å². The molecule has 18 heavy (non-hydrogen) atoms. The lowest BCUT2D eigenvalue weighted by Crippen LogP contribution is -2.09. The van der Waals surface area contributed by atoms with E-state index in [2.05, 4.69) is 4.42 Å². The van der Waals surface area contributed by atoms with Crippen LogP contribution in [0, 0.1) is 0 Å². The fourth-order valence-corrected chi connectivity index (χ4v) is 1.61. The number of fused-ring (bicyclic) bond motifs is 1. The van der Waals surface area contributed by atoms with E-state index in [1.165, 1.54) is 25.1 Å². The van der Waals surface area contributed by atoms with Gasteiger partial charge in [-0.1, -0.05) is 12.1 Å². The highest BCUT2D eigenvalue weighted by Crippen LogP contribution is 2.25. The zero-order valence-corrected chi connectivity index (χ0v) is 9.30. The summed E-state index contributed by atoms with van der Waals surface area (Å²) in [7, 11) is 0. The van der Waals surface area contributed by atoms with E-state index < -0.39 is 17.6 Å². The van der Waals surface area contributed by atoms with Gasteiger partial charge in [-0.05, 0) is 6.07 Å². The molecule has 92 valence electrons. The Morgan fingerprint density at radius 3 is 2.67 bits per heavy atom. The first-order chi connectivity index (χ1) is 8.50. The van der Waals surface area contributed by atoms with Gasteiger partial charge in [0, 0.05) is 12.3 Å². The smallest absolute Gasteiger partial charge is 0.347 e. The number of benzene rings is 1. The summed E-state index contributed by atoms with van der Waals surface area (Å²) in [6.45, 7) is 1.18. The third-order valence-electron chi connectivity index (χ3n) is 2.29. The zero-order valence-electron chi connectivity index (χ0n) is 9.30. The van der Waals surface area contributed by atoms with E-state index in [1.807, 2.05) is 0 Å². The van der Waals surface area contributed by atoms with Crippen molar-refractivity contribution in [3.8, 4) is 5.75 Å². The molecule has 0 amide bonds. The van der Waals surface area contributed by atoms with E-state index in [-0.39, 0.29) is 22.1 Å². The Morgan fingerprint density at radius 1 is 1.33 bits per heavy atom. The first-order valence-electron chi connectivity index (χ1n) is 4.97. The second kappa shape index (κ2) is 4.33. The van der Waals surface area contributed by atoms with Crippen molar-refractivity contribution in [2.24, 2.45) is 0 Å². The van der Waals surface area contributed by atoms with Crippen LogP contribution in [-0.4, -0.2) is 17.0 Å². The molecule has 1 aromatic carbocycles. The minimum Gasteiger partial charge on any atom is -0.478 e. The maximum atomic E-state index is 11.6. The Morgan fingerprint density at radius 2 is 2.06 bits per heavy atom. The highest BCUT2D eigenvalue weighted by molar-refractivity contribution is 6.04. The van der Waals surface area contributed by atoms with Crippen LogP contribution in [0.3, 0.4) is 0 Å². The molecule has 0 aliphatic rings. The summed E-state index contributed by atoms with van der Waals surface area (Å²) < 4.78 is 9.48. The number of carbonyl (C=O) groups is 2. The van der Waals surface area contributed by atoms with Gasteiger partial charge in [0.05, 0.1) is 0 Å². The first kappa shape index (κ1) is 11.8.